The van der Waals surface area contributed by atoms with Crippen LogP contribution in [0, 0.1) is 0 Å². The number of carboxylic acid groups (broad SMARTS) is 6. The van der Waals surface area contributed by atoms with E-state index in [-0.39, 0.29) is 85.3 Å². The molecule has 0 amide bonds. The van der Waals surface area contributed by atoms with Gasteiger partial charge in [-0.25, -0.2) is 0 Å². The van der Waals surface area contributed by atoms with Crippen molar-refractivity contribution >= 4 is 35.8 Å². The van der Waals surface area contributed by atoms with Gasteiger partial charge in [-0.15, -0.1) is 0 Å². The van der Waals surface area contributed by atoms with Crippen molar-refractivity contribution in [2.45, 2.75) is 36.9 Å². The average Bonchev–Trinajstić information content (AvgIpc) is 2.34. The summed E-state index contributed by atoms with van der Waals surface area (Å²) in [6.45, 7) is 0. The molecule has 14 nitrogen and oxygen atoms in total. The average molecular weight is 515 g/mol. The quantitative estimate of drug-likeness (QED) is 0.255. The van der Waals surface area contributed by atoms with Crippen LogP contribution in [0.3, 0.4) is 0 Å². The first kappa shape index (κ1) is 39.1. The Balaban J connectivity index is -0.000000120. The van der Waals surface area contributed by atoms with Crippen LogP contribution < -0.4 is 89.8 Å². The summed E-state index contributed by atoms with van der Waals surface area (Å²) >= 11 is 0. The fourth-order valence-corrected chi connectivity index (χ4v) is 1.37. The molecule has 0 radical (unpaired) electrons. The number of rotatable bonds is 10. The zero-order valence-electron chi connectivity index (χ0n) is 15.1. The number of carbonyl (C=O) groups excluding carboxylic acids is 6. The van der Waals surface area contributed by atoms with E-state index in [2.05, 4.69) is 0 Å². The summed E-state index contributed by atoms with van der Waals surface area (Å²) in [5.74, 6) is -12.0. The normalized spacial score (nSPS) is 9.72. The van der Waals surface area contributed by atoms with Gasteiger partial charge in [0.1, 0.15) is 11.2 Å². The van der Waals surface area contributed by atoms with E-state index in [0.29, 0.717) is 0 Å². The zero-order chi connectivity index (χ0) is 21.3. The van der Waals surface area contributed by atoms with Crippen LogP contribution in [0.25, 0.3) is 0 Å². The second-order valence-corrected chi connectivity index (χ2v) is 4.83. The Labute approximate surface area is 225 Å². The first-order valence-electron chi connectivity index (χ1n) is 6.23. The molecule has 0 atom stereocenters. The monoisotopic (exact) mass is 514 g/mol. The molecular weight excluding hydrogens is 505 g/mol. The van der Waals surface area contributed by atoms with Crippen molar-refractivity contribution < 1.29 is 155 Å². The molecule has 0 aromatic carbocycles. The molecule has 0 rings (SSSR count). The van der Waals surface area contributed by atoms with E-state index in [1.54, 1.807) is 0 Å². The number of carboxylic acids is 6. The zero-order valence-corrected chi connectivity index (χ0v) is 21.6. The van der Waals surface area contributed by atoms with E-state index in [9.17, 15) is 59.4 Å². The fraction of sp³-hybridized carbons (Fsp3) is 0.500. The van der Waals surface area contributed by atoms with Crippen LogP contribution >= 0.6 is 0 Å². The molecule has 0 fully saturated rings. The van der Waals surface area contributed by atoms with Gasteiger partial charge in [-0.05, 0) is 0 Å². The third kappa shape index (κ3) is 18.1. The molecule has 0 aliphatic heterocycles. The molecule has 0 heterocycles. The van der Waals surface area contributed by atoms with Gasteiger partial charge in [0.15, 0.2) is 0 Å². The molecule has 0 saturated heterocycles. The summed E-state index contributed by atoms with van der Waals surface area (Å²) in [5.41, 5.74) is -5.95. The van der Waals surface area contributed by atoms with Crippen molar-refractivity contribution in [3.05, 3.63) is 0 Å². The number of aliphatic carboxylic acids is 6. The van der Waals surface area contributed by atoms with Crippen LogP contribution in [0.4, 0.5) is 0 Å². The fourth-order valence-electron chi connectivity index (χ4n) is 1.37. The van der Waals surface area contributed by atoms with E-state index in [1.807, 2.05) is 0 Å². The molecule has 17 heteroatoms. The number of hydrogen-bond donors (Lipinski definition) is 2. The Morgan fingerprint density at radius 3 is 0.724 bits per heavy atom. The van der Waals surface area contributed by atoms with Crippen molar-refractivity contribution in [2.24, 2.45) is 0 Å². The number of aliphatic hydroxyl groups is 2. The minimum atomic E-state index is -2.97. The van der Waals surface area contributed by atoms with E-state index < -0.39 is 72.7 Å². The van der Waals surface area contributed by atoms with Crippen LogP contribution in [0.15, 0.2) is 0 Å². The summed E-state index contributed by atoms with van der Waals surface area (Å²) < 4.78 is 0. The molecule has 29 heavy (non-hydrogen) atoms. The van der Waals surface area contributed by atoms with Gasteiger partial charge < -0.3 is 69.6 Å². The molecule has 0 saturated carbocycles. The van der Waals surface area contributed by atoms with Crippen molar-refractivity contribution in [1.29, 1.82) is 0 Å². The molecule has 0 aliphatic rings. The maximum atomic E-state index is 10.1. The molecule has 2 N–H and O–H groups in total. The van der Waals surface area contributed by atoms with Gasteiger partial charge in [0.05, 0.1) is 11.9 Å². The number of carbonyl (C=O) groups is 6. The standard InChI is InChI=1S/2C6H8O7.2Na.Zr/c2*7-3(8)1-6(13,5(11)12)2-4(9)10;;;/h2*13H,1-2H2,(H,7,8)(H,9,10)(H,11,12);;;/q;;2*+1;+4/p-6. The van der Waals surface area contributed by atoms with Crippen LogP contribution in [-0.4, -0.2) is 57.2 Å². The number of hydrogen-bond acceptors (Lipinski definition) is 14. The van der Waals surface area contributed by atoms with Crippen LogP contribution in [-0.2, 0) is 55.0 Å². The predicted molar refractivity (Wildman–Crippen MR) is 58.4 cm³/mol. The molecule has 0 bridgehead atoms. The molecular formula is C12H10Na2O14Zr. The third-order valence-electron chi connectivity index (χ3n) is 2.51. The topological polar surface area (TPSA) is 281 Å². The van der Waals surface area contributed by atoms with Gasteiger partial charge in [-0.2, -0.15) is 0 Å². The van der Waals surface area contributed by atoms with Crippen LogP contribution in [0.5, 0.6) is 0 Å². The maximum Gasteiger partial charge on any atom is 4.00 e. The Morgan fingerprint density at radius 2 is 0.655 bits per heavy atom. The molecule has 0 aromatic heterocycles. The van der Waals surface area contributed by atoms with Gasteiger partial charge in [-0.1, -0.05) is 0 Å². The Hall–Kier alpha value is -0.377. The third-order valence-corrected chi connectivity index (χ3v) is 2.51. The van der Waals surface area contributed by atoms with Gasteiger partial charge in [0.2, 0.25) is 0 Å². The van der Waals surface area contributed by atoms with Crippen LogP contribution in [0.2, 0.25) is 0 Å². The molecule has 0 unspecified atom stereocenters. The van der Waals surface area contributed by atoms with Crippen LogP contribution in [0.1, 0.15) is 25.7 Å². The van der Waals surface area contributed by atoms with Gasteiger partial charge in [0.25, 0.3) is 0 Å². The Morgan fingerprint density at radius 1 is 0.517 bits per heavy atom. The summed E-state index contributed by atoms with van der Waals surface area (Å²) in [7, 11) is 0. The van der Waals surface area contributed by atoms with Crippen molar-refractivity contribution in [3.63, 3.8) is 0 Å². The minimum absolute atomic E-state index is 0. The Kier molecular flexibility index (Phi) is 23.4. The Bertz CT molecular complexity index is 523. The van der Waals surface area contributed by atoms with E-state index in [1.165, 1.54) is 0 Å². The molecule has 148 valence electrons. The molecule has 0 aliphatic carbocycles. The smallest absolute Gasteiger partial charge is 0.550 e. The second kappa shape index (κ2) is 17.3. The minimum Gasteiger partial charge on any atom is -0.550 e. The van der Waals surface area contributed by atoms with Gasteiger partial charge in [0, 0.05) is 49.6 Å². The summed E-state index contributed by atoms with van der Waals surface area (Å²) in [6, 6.07) is 0. The largest absolute Gasteiger partial charge is 4.00 e. The molecule has 0 spiro atoms. The van der Waals surface area contributed by atoms with Crippen molar-refractivity contribution in [1.82, 2.24) is 0 Å². The first-order valence-corrected chi connectivity index (χ1v) is 6.23. The second-order valence-electron chi connectivity index (χ2n) is 4.83. The van der Waals surface area contributed by atoms with E-state index in [4.69, 9.17) is 10.2 Å². The van der Waals surface area contributed by atoms with Gasteiger partial charge in [-0.3, -0.25) is 0 Å². The summed E-state index contributed by atoms with van der Waals surface area (Å²) in [6.07, 6.45) is -5.43. The molecule has 0 aromatic rings. The van der Waals surface area contributed by atoms with E-state index in [0.717, 1.165) is 0 Å². The summed E-state index contributed by atoms with van der Waals surface area (Å²) in [4.78, 5) is 60.0. The van der Waals surface area contributed by atoms with Crippen molar-refractivity contribution in [2.75, 3.05) is 0 Å². The maximum absolute atomic E-state index is 10.1. The van der Waals surface area contributed by atoms with E-state index >= 15 is 0 Å². The van der Waals surface area contributed by atoms with Gasteiger partial charge >= 0.3 is 85.3 Å². The van der Waals surface area contributed by atoms with Crippen molar-refractivity contribution in [3.8, 4) is 0 Å². The SMILES string of the molecule is O=C([O-])CC(O)(CC(=O)[O-])C(=O)[O-].O=C([O-])CC(O)(CC(=O)[O-])C(=O)[O-].[Na+].[Na+].[Zr+4]. The summed E-state index contributed by atoms with van der Waals surface area (Å²) in [5, 5.41) is 77.9. The predicted octanol–water partition coefficient (Wildman–Crippen LogP) is -16.5. The first-order chi connectivity index (χ1) is 11.6.